The molecule has 1 aliphatic rings. The third-order valence-corrected chi connectivity index (χ3v) is 6.29. The minimum absolute atomic E-state index is 0.00482. The summed E-state index contributed by atoms with van der Waals surface area (Å²) in [6, 6.07) is 8.28. The number of piperidine rings is 1. The van der Waals surface area contributed by atoms with Crippen molar-refractivity contribution in [2.75, 3.05) is 31.6 Å². The lowest BCUT2D eigenvalue weighted by Crippen LogP contribution is -2.46. The van der Waals surface area contributed by atoms with E-state index in [1.54, 1.807) is 34.8 Å². The molecule has 0 saturated carbocycles. The Morgan fingerprint density at radius 2 is 2.08 bits per heavy atom. The average Bonchev–Trinajstić information content (AvgIpc) is 3.38. The van der Waals surface area contributed by atoms with Crippen LogP contribution >= 0.6 is 0 Å². The van der Waals surface area contributed by atoms with Crippen LogP contribution in [0, 0.1) is 5.82 Å². The molecule has 12 heteroatoms. The Morgan fingerprint density at radius 1 is 1.21 bits per heavy atom. The molecule has 1 atom stereocenters. The fourth-order valence-corrected chi connectivity index (χ4v) is 4.44. The van der Waals surface area contributed by atoms with Crippen LogP contribution in [0.2, 0.25) is 0 Å². The van der Waals surface area contributed by atoms with Crippen molar-refractivity contribution in [2.45, 2.75) is 25.8 Å². The number of carbonyl (C=O) groups excluding carboxylic acids is 2. The summed E-state index contributed by atoms with van der Waals surface area (Å²) in [5.41, 5.74) is 1.78. The van der Waals surface area contributed by atoms with Crippen LogP contribution in [0.15, 0.2) is 48.9 Å². The molecule has 0 spiro atoms. The number of nitrogens with zero attached hydrogens (tertiary/aromatic N) is 6. The standard InChI is InChI=1S/C26H26FN7O4/c1-2-38-26(37)19-9-8-16(12-28-19)23-22(27)25(30-17-6-5-10-33(14-17)21(36)15-35)32-24(31-23)18-13-29-34-11-4-3-7-20(18)34/h3-4,7-9,11-13,17,35H,2,5-6,10,14-15H2,1H3,(H,30,31,32)/t17-/m1/s1. The number of halogens is 1. The molecule has 0 bridgehead atoms. The zero-order valence-corrected chi connectivity index (χ0v) is 20.7. The molecule has 196 valence electrons. The van der Waals surface area contributed by atoms with E-state index in [-0.39, 0.29) is 41.6 Å². The van der Waals surface area contributed by atoms with Crippen molar-refractivity contribution in [2.24, 2.45) is 0 Å². The van der Waals surface area contributed by atoms with Crippen molar-refractivity contribution in [3.05, 3.63) is 60.4 Å². The van der Waals surface area contributed by atoms with Crippen LogP contribution in [-0.2, 0) is 9.53 Å². The second-order valence-corrected chi connectivity index (χ2v) is 8.78. The summed E-state index contributed by atoms with van der Waals surface area (Å²) >= 11 is 0. The van der Waals surface area contributed by atoms with E-state index in [2.05, 4.69) is 25.4 Å². The van der Waals surface area contributed by atoms with E-state index in [4.69, 9.17) is 4.74 Å². The Balaban J connectivity index is 1.55. The Labute approximate surface area is 217 Å². The van der Waals surface area contributed by atoms with Gasteiger partial charge in [-0.15, -0.1) is 0 Å². The van der Waals surface area contributed by atoms with E-state index >= 15 is 4.39 Å². The molecule has 4 aromatic rings. The van der Waals surface area contributed by atoms with Crippen LogP contribution in [-0.4, -0.2) is 78.8 Å². The molecule has 38 heavy (non-hydrogen) atoms. The maximum Gasteiger partial charge on any atom is 0.356 e. The zero-order valence-electron chi connectivity index (χ0n) is 20.7. The number of aliphatic hydroxyl groups is 1. The fraction of sp³-hybridized carbons (Fsp3) is 0.308. The van der Waals surface area contributed by atoms with Crippen molar-refractivity contribution in [3.8, 4) is 22.6 Å². The number of aliphatic hydroxyl groups excluding tert-OH is 1. The molecule has 4 aromatic heterocycles. The molecule has 5 heterocycles. The quantitative estimate of drug-likeness (QED) is 0.353. The van der Waals surface area contributed by atoms with Gasteiger partial charge in [0.25, 0.3) is 0 Å². The number of ether oxygens (including phenoxy) is 1. The molecular formula is C26H26FN7O4. The van der Waals surface area contributed by atoms with Crippen LogP contribution < -0.4 is 5.32 Å². The maximum atomic E-state index is 15.9. The first-order chi connectivity index (χ1) is 18.5. The van der Waals surface area contributed by atoms with Gasteiger partial charge in [-0.25, -0.2) is 28.7 Å². The number of hydrogen-bond acceptors (Lipinski definition) is 9. The lowest BCUT2D eigenvalue weighted by atomic mass is 10.1. The summed E-state index contributed by atoms with van der Waals surface area (Å²) < 4.78 is 22.6. The summed E-state index contributed by atoms with van der Waals surface area (Å²) in [5.74, 6) is -1.42. The number of likely N-dealkylation sites (tertiary alicyclic amines) is 1. The summed E-state index contributed by atoms with van der Waals surface area (Å²) in [6.07, 6.45) is 6.15. The van der Waals surface area contributed by atoms with Gasteiger partial charge in [-0.05, 0) is 44.0 Å². The Kier molecular flexibility index (Phi) is 7.22. The highest BCUT2D eigenvalue weighted by molar-refractivity contribution is 5.87. The molecular weight excluding hydrogens is 493 g/mol. The second kappa shape index (κ2) is 10.9. The van der Waals surface area contributed by atoms with Gasteiger partial charge >= 0.3 is 5.97 Å². The van der Waals surface area contributed by atoms with Crippen molar-refractivity contribution in [1.29, 1.82) is 0 Å². The molecule has 0 aliphatic carbocycles. The molecule has 2 N–H and O–H groups in total. The Morgan fingerprint density at radius 3 is 2.84 bits per heavy atom. The molecule has 5 rings (SSSR count). The minimum Gasteiger partial charge on any atom is -0.461 e. The number of amides is 1. The van der Waals surface area contributed by atoms with Crippen molar-refractivity contribution < 1.29 is 23.8 Å². The summed E-state index contributed by atoms with van der Waals surface area (Å²) in [5, 5.41) is 16.7. The molecule has 1 fully saturated rings. The Hall–Kier alpha value is -4.45. The van der Waals surface area contributed by atoms with Crippen molar-refractivity contribution in [3.63, 3.8) is 0 Å². The van der Waals surface area contributed by atoms with E-state index in [0.717, 1.165) is 5.52 Å². The predicted octanol–water partition coefficient (Wildman–Crippen LogP) is 2.56. The summed E-state index contributed by atoms with van der Waals surface area (Å²) in [6.45, 7) is 2.17. The normalized spacial score (nSPS) is 15.4. The van der Waals surface area contributed by atoms with Gasteiger partial charge in [0.05, 0.1) is 23.9 Å². The number of aromatic nitrogens is 5. The highest BCUT2D eigenvalue weighted by Crippen LogP contribution is 2.31. The minimum atomic E-state index is -0.693. The lowest BCUT2D eigenvalue weighted by molar-refractivity contribution is -0.135. The highest BCUT2D eigenvalue weighted by Gasteiger charge is 2.26. The summed E-state index contributed by atoms with van der Waals surface area (Å²) in [4.78, 5) is 38.8. The summed E-state index contributed by atoms with van der Waals surface area (Å²) in [7, 11) is 0. The first-order valence-electron chi connectivity index (χ1n) is 12.3. The first kappa shape index (κ1) is 25.2. The number of rotatable bonds is 7. The third-order valence-electron chi connectivity index (χ3n) is 6.29. The second-order valence-electron chi connectivity index (χ2n) is 8.78. The van der Waals surface area contributed by atoms with Crippen LogP contribution in [0.3, 0.4) is 0 Å². The Bertz CT molecular complexity index is 1470. The predicted molar refractivity (Wildman–Crippen MR) is 136 cm³/mol. The largest absolute Gasteiger partial charge is 0.461 e. The molecule has 0 radical (unpaired) electrons. The van der Waals surface area contributed by atoms with Crippen LogP contribution in [0.4, 0.5) is 10.2 Å². The SMILES string of the molecule is CCOC(=O)c1ccc(-c2nc(-c3cnn4ccccc34)nc(N[C@@H]3CCCN(C(=O)CO)C3)c2F)cn1. The molecule has 0 unspecified atom stereocenters. The van der Waals surface area contributed by atoms with Gasteiger partial charge in [-0.1, -0.05) is 6.07 Å². The van der Waals surface area contributed by atoms with E-state index in [0.29, 0.717) is 37.1 Å². The third kappa shape index (κ3) is 5.02. The number of esters is 1. The number of anilines is 1. The van der Waals surface area contributed by atoms with Crippen molar-refractivity contribution in [1.82, 2.24) is 29.5 Å². The fourth-order valence-electron chi connectivity index (χ4n) is 4.44. The van der Waals surface area contributed by atoms with Crippen LogP contribution in [0.1, 0.15) is 30.3 Å². The van der Waals surface area contributed by atoms with Crippen LogP contribution in [0.5, 0.6) is 0 Å². The van der Waals surface area contributed by atoms with E-state index in [1.165, 1.54) is 12.3 Å². The smallest absolute Gasteiger partial charge is 0.356 e. The first-order valence-corrected chi connectivity index (χ1v) is 12.3. The molecule has 1 amide bonds. The molecule has 11 nitrogen and oxygen atoms in total. The van der Waals surface area contributed by atoms with Gasteiger partial charge in [-0.2, -0.15) is 5.10 Å². The van der Waals surface area contributed by atoms with Gasteiger partial charge in [0, 0.05) is 37.1 Å². The van der Waals surface area contributed by atoms with Crippen LogP contribution in [0.25, 0.3) is 28.2 Å². The number of hydrogen-bond donors (Lipinski definition) is 2. The van der Waals surface area contributed by atoms with Gasteiger partial charge in [0.1, 0.15) is 18.0 Å². The van der Waals surface area contributed by atoms with Gasteiger partial charge in [0.15, 0.2) is 17.5 Å². The molecule has 1 saturated heterocycles. The van der Waals surface area contributed by atoms with Crippen molar-refractivity contribution >= 4 is 23.2 Å². The highest BCUT2D eigenvalue weighted by atomic mass is 19.1. The number of fused-ring (bicyclic) bond motifs is 1. The van der Waals surface area contributed by atoms with Gasteiger partial charge in [-0.3, -0.25) is 4.79 Å². The number of nitrogens with one attached hydrogen (secondary N) is 1. The topological polar surface area (TPSA) is 135 Å². The average molecular weight is 520 g/mol. The van der Waals surface area contributed by atoms with E-state index in [9.17, 15) is 14.7 Å². The number of carbonyl (C=O) groups is 2. The van der Waals surface area contributed by atoms with Gasteiger partial charge in [0.2, 0.25) is 5.91 Å². The maximum absolute atomic E-state index is 15.9. The molecule has 0 aromatic carbocycles. The monoisotopic (exact) mass is 519 g/mol. The lowest BCUT2D eigenvalue weighted by Gasteiger charge is -2.33. The van der Waals surface area contributed by atoms with E-state index in [1.807, 2.05) is 18.2 Å². The van der Waals surface area contributed by atoms with Gasteiger partial charge < -0.3 is 20.1 Å². The molecule has 1 aliphatic heterocycles. The number of pyridine rings is 2. The van der Waals surface area contributed by atoms with E-state index < -0.39 is 18.4 Å². The zero-order chi connectivity index (χ0) is 26.6.